The van der Waals surface area contributed by atoms with E-state index in [0.717, 1.165) is 17.3 Å². The lowest BCUT2D eigenvalue weighted by Crippen LogP contribution is -1.98. The summed E-state index contributed by atoms with van der Waals surface area (Å²) >= 11 is 0. The molecular weight excluding hydrogens is 287 g/mol. The van der Waals surface area contributed by atoms with Crippen LogP contribution in [0.15, 0.2) is 30.3 Å². The molecule has 0 aliphatic rings. The first-order valence-electron chi connectivity index (χ1n) is 7.16. The van der Waals surface area contributed by atoms with Gasteiger partial charge in [0.2, 0.25) is 0 Å². The maximum absolute atomic E-state index is 11.2. The fourth-order valence-electron chi connectivity index (χ4n) is 1.65. The van der Waals surface area contributed by atoms with E-state index in [9.17, 15) is 4.79 Å². The third kappa shape index (κ3) is 7.37. The van der Waals surface area contributed by atoms with Crippen molar-refractivity contribution >= 4 is 20.4 Å². The van der Waals surface area contributed by atoms with Crippen molar-refractivity contribution in [1.29, 1.82) is 0 Å². The van der Waals surface area contributed by atoms with Gasteiger partial charge in [-0.1, -0.05) is 24.3 Å². The Bertz CT molecular complexity index is 436. The van der Waals surface area contributed by atoms with Crippen molar-refractivity contribution in [2.24, 2.45) is 0 Å². The first-order valence-corrected chi connectivity index (χ1v) is 8.53. The average molecular weight is 310 g/mol. The number of esters is 1. The van der Waals surface area contributed by atoms with E-state index < -0.39 is 8.38 Å². The normalized spacial score (nSPS) is 11.2. The summed E-state index contributed by atoms with van der Waals surface area (Å²) < 4.78 is 16.0. The van der Waals surface area contributed by atoms with E-state index in [1.807, 2.05) is 38.1 Å². The molecule has 0 aliphatic carbocycles. The molecular formula is C16H23O4P. The first kappa shape index (κ1) is 17.8. The van der Waals surface area contributed by atoms with Crippen LogP contribution in [0.5, 0.6) is 0 Å². The Morgan fingerprint density at radius 3 is 2.19 bits per heavy atom. The van der Waals surface area contributed by atoms with E-state index >= 15 is 0 Å². The van der Waals surface area contributed by atoms with Gasteiger partial charge in [-0.25, -0.2) is 4.79 Å². The van der Waals surface area contributed by atoms with Crippen LogP contribution in [-0.4, -0.2) is 25.8 Å². The summed E-state index contributed by atoms with van der Waals surface area (Å²) in [6.07, 6.45) is 3.96. The van der Waals surface area contributed by atoms with Crippen LogP contribution in [0.1, 0.15) is 31.9 Å². The number of hydrogen-bond donors (Lipinski definition) is 0. The SMILES string of the molecule is CCOC(=O)C=Cc1ccc(CP(OCC)OCC)cc1. The van der Waals surface area contributed by atoms with E-state index in [-0.39, 0.29) is 5.97 Å². The molecule has 21 heavy (non-hydrogen) atoms. The lowest BCUT2D eigenvalue weighted by atomic mass is 10.1. The van der Waals surface area contributed by atoms with Gasteiger partial charge in [0.1, 0.15) is 0 Å². The Hall–Kier alpha value is -1.22. The van der Waals surface area contributed by atoms with Gasteiger partial charge in [0.05, 0.1) is 19.8 Å². The summed E-state index contributed by atoms with van der Waals surface area (Å²) in [6, 6.07) is 7.99. The van der Waals surface area contributed by atoms with Crippen molar-refractivity contribution in [3.8, 4) is 0 Å². The molecule has 0 saturated heterocycles. The molecule has 0 saturated carbocycles. The number of rotatable bonds is 9. The van der Waals surface area contributed by atoms with Crippen molar-refractivity contribution in [2.45, 2.75) is 26.9 Å². The summed E-state index contributed by atoms with van der Waals surface area (Å²) in [5.74, 6) is -0.321. The van der Waals surface area contributed by atoms with E-state index in [2.05, 4.69) is 0 Å². The zero-order valence-electron chi connectivity index (χ0n) is 12.9. The summed E-state index contributed by atoms with van der Waals surface area (Å²) in [4.78, 5) is 11.2. The smallest absolute Gasteiger partial charge is 0.330 e. The van der Waals surface area contributed by atoms with Crippen LogP contribution in [0.3, 0.4) is 0 Å². The zero-order chi connectivity index (χ0) is 15.5. The fourth-order valence-corrected chi connectivity index (χ4v) is 3.00. The second kappa shape index (κ2) is 10.5. The molecule has 0 aromatic heterocycles. The highest BCUT2D eigenvalue weighted by atomic mass is 31.2. The average Bonchev–Trinajstić information content (AvgIpc) is 2.47. The molecule has 0 amide bonds. The van der Waals surface area contributed by atoms with E-state index in [1.165, 1.54) is 6.08 Å². The number of carbonyl (C=O) groups excluding carboxylic acids is 1. The summed E-state index contributed by atoms with van der Waals surface area (Å²) in [7, 11) is -0.862. The van der Waals surface area contributed by atoms with Crippen LogP contribution >= 0.6 is 8.38 Å². The molecule has 116 valence electrons. The number of carbonyl (C=O) groups is 1. The monoisotopic (exact) mass is 310 g/mol. The van der Waals surface area contributed by atoms with Crippen LogP contribution in [0.4, 0.5) is 0 Å². The van der Waals surface area contributed by atoms with E-state index in [0.29, 0.717) is 19.8 Å². The third-order valence-electron chi connectivity index (χ3n) is 2.54. The van der Waals surface area contributed by atoms with Gasteiger partial charge in [-0.3, -0.25) is 0 Å². The van der Waals surface area contributed by atoms with Gasteiger partial charge in [-0.2, -0.15) is 0 Å². The second-order valence-electron chi connectivity index (χ2n) is 4.15. The van der Waals surface area contributed by atoms with Crippen LogP contribution < -0.4 is 0 Å². The molecule has 0 N–H and O–H groups in total. The Labute approximate surface area is 128 Å². The van der Waals surface area contributed by atoms with Crippen molar-refractivity contribution in [3.63, 3.8) is 0 Å². The number of hydrogen-bond acceptors (Lipinski definition) is 4. The minimum Gasteiger partial charge on any atom is -0.463 e. The lowest BCUT2D eigenvalue weighted by molar-refractivity contribution is -0.137. The van der Waals surface area contributed by atoms with Gasteiger partial charge in [-0.15, -0.1) is 0 Å². The highest BCUT2D eigenvalue weighted by molar-refractivity contribution is 7.46. The second-order valence-corrected chi connectivity index (χ2v) is 5.65. The molecule has 1 aromatic carbocycles. The van der Waals surface area contributed by atoms with E-state index in [1.54, 1.807) is 13.0 Å². The molecule has 0 bridgehead atoms. The molecule has 0 aliphatic heterocycles. The zero-order valence-corrected chi connectivity index (χ0v) is 13.8. The van der Waals surface area contributed by atoms with Crippen molar-refractivity contribution in [1.82, 2.24) is 0 Å². The third-order valence-corrected chi connectivity index (χ3v) is 4.25. The molecule has 0 atom stereocenters. The van der Waals surface area contributed by atoms with Crippen molar-refractivity contribution < 1.29 is 18.6 Å². The van der Waals surface area contributed by atoms with Crippen LogP contribution in [0.25, 0.3) is 6.08 Å². The Morgan fingerprint density at radius 1 is 1.05 bits per heavy atom. The van der Waals surface area contributed by atoms with Crippen LogP contribution in [-0.2, 0) is 24.7 Å². The minimum absolute atomic E-state index is 0.321. The molecule has 0 radical (unpaired) electrons. The first-order chi connectivity index (χ1) is 10.2. The Kier molecular flexibility index (Phi) is 8.91. The largest absolute Gasteiger partial charge is 0.463 e. The van der Waals surface area contributed by atoms with Crippen molar-refractivity contribution in [2.75, 3.05) is 19.8 Å². The Morgan fingerprint density at radius 2 is 1.67 bits per heavy atom. The van der Waals surface area contributed by atoms with Gasteiger partial charge in [-0.05, 0) is 38.0 Å². The quantitative estimate of drug-likeness (QED) is 0.390. The standard InChI is InChI=1S/C16H23O4P/c1-4-18-16(17)12-11-14-7-9-15(10-8-14)13-21(19-5-2)20-6-3/h7-12H,4-6,13H2,1-3H3. The minimum atomic E-state index is -0.862. The predicted octanol–water partition coefficient (Wildman–Crippen LogP) is 4.15. The summed E-state index contributed by atoms with van der Waals surface area (Å²) in [5.41, 5.74) is 2.13. The molecule has 1 aromatic rings. The molecule has 4 nitrogen and oxygen atoms in total. The molecule has 0 heterocycles. The molecule has 1 rings (SSSR count). The summed E-state index contributed by atoms with van der Waals surface area (Å²) in [6.45, 7) is 7.43. The lowest BCUT2D eigenvalue weighted by Gasteiger charge is -2.15. The Balaban J connectivity index is 2.58. The van der Waals surface area contributed by atoms with Gasteiger partial charge < -0.3 is 13.8 Å². The fraction of sp³-hybridized carbons (Fsp3) is 0.438. The molecule has 0 fully saturated rings. The maximum Gasteiger partial charge on any atom is 0.330 e. The topological polar surface area (TPSA) is 44.8 Å². The van der Waals surface area contributed by atoms with Gasteiger partial charge in [0, 0.05) is 12.2 Å². The van der Waals surface area contributed by atoms with Gasteiger partial charge in [0.25, 0.3) is 0 Å². The van der Waals surface area contributed by atoms with Crippen molar-refractivity contribution in [3.05, 3.63) is 41.5 Å². The maximum atomic E-state index is 11.2. The number of ether oxygens (including phenoxy) is 1. The highest BCUT2D eigenvalue weighted by Crippen LogP contribution is 2.41. The molecule has 0 spiro atoms. The number of benzene rings is 1. The molecule has 0 unspecified atom stereocenters. The van der Waals surface area contributed by atoms with E-state index in [4.69, 9.17) is 13.8 Å². The van der Waals surface area contributed by atoms with Gasteiger partial charge >= 0.3 is 5.97 Å². The highest BCUT2D eigenvalue weighted by Gasteiger charge is 2.09. The van der Waals surface area contributed by atoms with Crippen LogP contribution in [0.2, 0.25) is 0 Å². The van der Waals surface area contributed by atoms with Crippen LogP contribution in [0, 0.1) is 0 Å². The molecule has 5 heteroatoms. The predicted molar refractivity (Wildman–Crippen MR) is 86.0 cm³/mol. The summed E-state index contributed by atoms with van der Waals surface area (Å²) in [5, 5.41) is 0. The van der Waals surface area contributed by atoms with Gasteiger partial charge in [0.15, 0.2) is 8.38 Å².